The predicted molar refractivity (Wildman–Crippen MR) is 78.2 cm³/mol. The first-order valence-electron chi connectivity index (χ1n) is 7.08. The lowest BCUT2D eigenvalue weighted by molar-refractivity contribution is 0.354. The highest BCUT2D eigenvalue weighted by Crippen LogP contribution is 2.32. The number of methoxy groups -OCH3 is 2. The van der Waals surface area contributed by atoms with E-state index in [4.69, 9.17) is 9.47 Å². The molecule has 2 aromatic rings. The lowest BCUT2D eigenvalue weighted by Gasteiger charge is -2.12. The average molecular weight is 289 g/mol. The third-order valence-corrected chi connectivity index (χ3v) is 3.96. The van der Waals surface area contributed by atoms with Gasteiger partial charge >= 0.3 is 5.69 Å². The van der Waals surface area contributed by atoms with E-state index >= 15 is 0 Å². The molecule has 112 valence electrons. The quantitative estimate of drug-likeness (QED) is 0.852. The van der Waals surface area contributed by atoms with Crippen LogP contribution >= 0.6 is 0 Å². The maximum Gasteiger partial charge on any atom is 0.345 e. The van der Waals surface area contributed by atoms with Crippen LogP contribution < -0.4 is 15.2 Å². The van der Waals surface area contributed by atoms with Gasteiger partial charge in [0.2, 0.25) is 0 Å². The zero-order chi connectivity index (χ0) is 15.0. The highest BCUT2D eigenvalue weighted by Gasteiger charge is 2.20. The number of rotatable bonds is 3. The highest BCUT2D eigenvalue weighted by molar-refractivity contribution is 5.48. The molecular weight excluding hydrogens is 270 g/mol. The molecule has 0 bridgehead atoms. The van der Waals surface area contributed by atoms with Crippen LogP contribution in [0.5, 0.6) is 11.5 Å². The third kappa shape index (κ3) is 2.20. The van der Waals surface area contributed by atoms with Gasteiger partial charge < -0.3 is 9.47 Å². The second kappa shape index (κ2) is 5.27. The fourth-order valence-electron chi connectivity index (χ4n) is 2.81. The second-order valence-corrected chi connectivity index (χ2v) is 5.07. The first-order valence-corrected chi connectivity index (χ1v) is 7.08. The number of fused-ring (bicyclic) bond motifs is 2. The van der Waals surface area contributed by atoms with Crippen molar-refractivity contribution >= 4 is 0 Å². The van der Waals surface area contributed by atoms with Gasteiger partial charge in [-0.3, -0.25) is 4.57 Å². The molecule has 6 nitrogen and oxygen atoms in total. The Morgan fingerprint density at radius 3 is 2.48 bits per heavy atom. The van der Waals surface area contributed by atoms with Crippen LogP contribution in [0.4, 0.5) is 0 Å². The zero-order valence-corrected chi connectivity index (χ0v) is 12.5. The molecule has 0 N–H and O–H groups in total. The fourth-order valence-corrected chi connectivity index (χ4v) is 2.81. The molecule has 0 unspecified atom stereocenters. The fraction of sp³-hybridized carbons (Fsp3) is 0.467. The maximum atomic E-state index is 12.2. The minimum atomic E-state index is -0.0285. The summed E-state index contributed by atoms with van der Waals surface area (Å²) in [5, 5.41) is 4.42. The molecular formula is C15H19N3O3. The number of hydrogen-bond acceptors (Lipinski definition) is 4. The lowest BCUT2D eigenvalue weighted by Crippen LogP contribution is -2.25. The van der Waals surface area contributed by atoms with Gasteiger partial charge in [-0.05, 0) is 36.6 Å². The van der Waals surface area contributed by atoms with Crippen molar-refractivity contribution in [2.75, 3.05) is 14.2 Å². The Bertz CT molecular complexity index is 730. The number of hydrogen-bond donors (Lipinski definition) is 0. The monoisotopic (exact) mass is 289 g/mol. The first-order chi connectivity index (χ1) is 10.2. The number of benzene rings is 1. The molecule has 6 heteroatoms. The summed E-state index contributed by atoms with van der Waals surface area (Å²) >= 11 is 0. The normalized spacial score (nSPS) is 13.3. The molecule has 0 radical (unpaired) electrons. The molecule has 0 atom stereocenters. The van der Waals surface area contributed by atoms with Crippen molar-refractivity contribution in [3.63, 3.8) is 0 Å². The minimum Gasteiger partial charge on any atom is -0.493 e. The Morgan fingerprint density at radius 1 is 1.19 bits per heavy atom. The Hall–Kier alpha value is -2.24. The van der Waals surface area contributed by atoms with Crippen LogP contribution in [-0.2, 0) is 25.9 Å². The number of aromatic nitrogens is 3. The van der Waals surface area contributed by atoms with E-state index in [9.17, 15) is 4.79 Å². The molecule has 0 spiro atoms. The smallest absolute Gasteiger partial charge is 0.345 e. The van der Waals surface area contributed by atoms with Gasteiger partial charge in [0.1, 0.15) is 5.82 Å². The molecule has 0 saturated heterocycles. The zero-order valence-electron chi connectivity index (χ0n) is 12.5. The Morgan fingerprint density at radius 2 is 1.86 bits per heavy atom. The van der Waals surface area contributed by atoms with Gasteiger partial charge in [-0.15, -0.1) is 0 Å². The molecule has 1 aliphatic rings. The van der Waals surface area contributed by atoms with Crippen LogP contribution in [0.25, 0.3) is 0 Å². The minimum absolute atomic E-state index is 0.0285. The van der Waals surface area contributed by atoms with E-state index in [0.717, 1.165) is 23.6 Å². The van der Waals surface area contributed by atoms with E-state index in [1.165, 1.54) is 10.2 Å². The van der Waals surface area contributed by atoms with E-state index < -0.39 is 0 Å². The van der Waals surface area contributed by atoms with Gasteiger partial charge in [0, 0.05) is 19.5 Å². The Kier molecular flexibility index (Phi) is 3.45. The Balaban J connectivity index is 2.08. The molecule has 0 saturated carbocycles. The number of aryl methyl sites for hydroxylation is 2. The molecule has 0 aliphatic carbocycles. The van der Waals surface area contributed by atoms with E-state index in [0.29, 0.717) is 25.3 Å². The van der Waals surface area contributed by atoms with E-state index in [-0.39, 0.29) is 5.69 Å². The maximum absolute atomic E-state index is 12.2. The van der Waals surface area contributed by atoms with Crippen molar-refractivity contribution in [2.24, 2.45) is 0 Å². The van der Waals surface area contributed by atoms with Crippen LogP contribution in [0.1, 0.15) is 23.9 Å². The highest BCUT2D eigenvalue weighted by atomic mass is 16.5. The average Bonchev–Trinajstić information content (AvgIpc) is 2.69. The van der Waals surface area contributed by atoms with Crippen LogP contribution in [0.2, 0.25) is 0 Å². The largest absolute Gasteiger partial charge is 0.493 e. The van der Waals surface area contributed by atoms with Crippen LogP contribution in [0, 0.1) is 0 Å². The Labute approximate surface area is 122 Å². The first kappa shape index (κ1) is 13.7. The standard InChI is InChI=1S/C15H19N3O3/c1-4-18-15(19)17-6-5-10-7-12(20-2)13(21-3)8-11(10)9-14(17)16-18/h7-8H,4-6,9H2,1-3H3. The summed E-state index contributed by atoms with van der Waals surface area (Å²) in [5.74, 6) is 2.25. The molecule has 2 heterocycles. The molecule has 1 aromatic heterocycles. The van der Waals surface area contributed by atoms with Gasteiger partial charge in [-0.1, -0.05) is 0 Å². The summed E-state index contributed by atoms with van der Waals surface area (Å²) in [4.78, 5) is 12.2. The molecule has 0 fully saturated rings. The van der Waals surface area contributed by atoms with Crippen molar-refractivity contribution in [2.45, 2.75) is 32.9 Å². The van der Waals surface area contributed by atoms with E-state index in [1.807, 2.05) is 19.1 Å². The summed E-state index contributed by atoms with van der Waals surface area (Å²) < 4.78 is 14.0. The molecule has 0 amide bonds. The molecule has 1 aromatic carbocycles. The van der Waals surface area contributed by atoms with Crippen LogP contribution in [-0.4, -0.2) is 28.6 Å². The van der Waals surface area contributed by atoms with Crippen molar-refractivity contribution < 1.29 is 9.47 Å². The molecule has 21 heavy (non-hydrogen) atoms. The second-order valence-electron chi connectivity index (χ2n) is 5.07. The van der Waals surface area contributed by atoms with Gasteiger partial charge in [-0.25, -0.2) is 9.48 Å². The summed E-state index contributed by atoms with van der Waals surface area (Å²) in [5.41, 5.74) is 2.29. The van der Waals surface area contributed by atoms with Gasteiger partial charge in [0.15, 0.2) is 11.5 Å². The summed E-state index contributed by atoms with van der Waals surface area (Å²) in [7, 11) is 3.26. The van der Waals surface area contributed by atoms with E-state index in [2.05, 4.69) is 5.10 Å². The topological polar surface area (TPSA) is 58.3 Å². The van der Waals surface area contributed by atoms with Crippen LogP contribution in [0.3, 0.4) is 0 Å². The summed E-state index contributed by atoms with van der Waals surface area (Å²) in [6, 6.07) is 3.98. The summed E-state index contributed by atoms with van der Waals surface area (Å²) in [6.07, 6.45) is 1.43. The number of ether oxygens (including phenoxy) is 2. The molecule has 3 rings (SSSR count). The predicted octanol–water partition coefficient (Wildman–Crippen LogP) is 1.23. The van der Waals surface area contributed by atoms with Crippen molar-refractivity contribution in [1.29, 1.82) is 0 Å². The number of nitrogens with zero attached hydrogens (tertiary/aromatic N) is 3. The molecule has 1 aliphatic heterocycles. The third-order valence-electron chi connectivity index (χ3n) is 3.96. The SMILES string of the molecule is CCn1nc2n(c1=O)CCc1cc(OC)c(OC)cc1C2. The summed E-state index contributed by atoms with van der Waals surface area (Å²) in [6.45, 7) is 3.17. The van der Waals surface area contributed by atoms with E-state index in [1.54, 1.807) is 18.8 Å². The van der Waals surface area contributed by atoms with Crippen molar-refractivity contribution in [1.82, 2.24) is 14.3 Å². The van der Waals surface area contributed by atoms with Crippen LogP contribution in [0.15, 0.2) is 16.9 Å². The van der Waals surface area contributed by atoms with Gasteiger partial charge in [0.25, 0.3) is 0 Å². The van der Waals surface area contributed by atoms with Gasteiger partial charge in [-0.2, -0.15) is 5.10 Å². The van der Waals surface area contributed by atoms with Gasteiger partial charge in [0.05, 0.1) is 14.2 Å². The van der Waals surface area contributed by atoms with Crippen molar-refractivity contribution in [3.05, 3.63) is 39.6 Å². The van der Waals surface area contributed by atoms with Crippen molar-refractivity contribution in [3.8, 4) is 11.5 Å². The lowest BCUT2D eigenvalue weighted by atomic mass is 10.0.